The smallest absolute Gasteiger partial charge is 0.315 e. The number of hydrogen-bond donors (Lipinski definition) is 3. The molecule has 0 spiro atoms. The van der Waals surface area contributed by atoms with E-state index in [-0.39, 0.29) is 30.8 Å². The van der Waals surface area contributed by atoms with Crippen molar-refractivity contribution >= 4 is 6.03 Å². The number of furan rings is 1. The maximum absolute atomic E-state index is 12.1. The summed E-state index contributed by atoms with van der Waals surface area (Å²) >= 11 is 0. The molecule has 2 amide bonds. The number of carbonyl (C=O) groups is 1. The lowest BCUT2D eigenvalue weighted by atomic mass is 9.96. The molecule has 1 aliphatic heterocycles. The lowest BCUT2D eigenvalue weighted by molar-refractivity contribution is -0.0403. The molecule has 3 N–H and O–H groups in total. The van der Waals surface area contributed by atoms with Gasteiger partial charge in [-0.15, -0.1) is 0 Å². The van der Waals surface area contributed by atoms with E-state index in [4.69, 9.17) is 9.15 Å². The molecular weight excluding hydrogens is 296 g/mol. The molecule has 0 aliphatic carbocycles. The second-order valence-corrected chi connectivity index (χ2v) is 6.85. The Morgan fingerprint density at radius 3 is 2.48 bits per heavy atom. The van der Waals surface area contributed by atoms with Crippen LogP contribution < -0.4 is 10.6 Å². The molecule has 0 saturated carbocycles. The Kier molecular flexibility index (Phi) is 5.37. The van der Waals surface area contributed by atoms with Crippen LogP contribution in [0, 0.1) is 13.8 Å². The van der Waals surface area contributed by atoms with Gasteiger partial charge in [-0.25, -0.2) is 4.79 Å². The van der Waals surface area contributed by atoms with Gasteiger partial charge in [0.25, 0.3) is 0 Å². The van der Waals surface area contributed by atoms with Gasteiger partial charge in [0.1, 0.15) is 17.1 Å². The minimum atomic E-state index is -1.17. The third kappa shape index (κ3) is 4.72. The number of ether oxygens (including phenoxy) is 1. The number of aliphatic hydroxyl groups is 1. The fourth-order valence-electron chi connectivity index (χ4n) is 3.27. The summed E-state index contributed by atoms with van der Waals surface area (Å²) in [4.78, 5) is 12.1. The summed E-state index contributed by atoms with van der Waals surface area (Å²) in [5.41, 5.74) is -0.473. The van der Waals surface area contributed by atoms with E-state index in [1.807, 2.05) is 27.7 Å². The zero-order valence-electron chi connectivity index (χ0n) is 14.6. The summed E-state index contributed by atoms with van der Waals surface area (Å²) in [7, 11) is 0. The predicted octanol–water partition coefficient (Wildman–Crippen LogP) is 2.36. The van der Waals surface area contributed by atoms with Crippen molar-refractivity contribution in [3.05, 3.63) is 23.2 Å². The van der Waals surface area contributed by atoms with Crippen molar-refractivity contribution in [1.82, 2.24) is 10.6 Å². The number of rotatable bonds is 4. The Morgan fingerprint density at radius 1 is 1.35 bits per heavy atom. The average molecular weight is 324 g/mol. The Balaban J connectivity index is 1.87. The summed E-state index contributed by atoms with van der Waals surface area (Å²) in [6.45, 7) is 9.45. The normalized spacial score (nSPS) is 27.3. The van der Waals surface area contributed by atoms with E-state index in [1.54, 1.807) is 13.0 Å². The van der Waals surface area contributed by atoms with Gasteiger partial charge < -0.3 is 24.9 Å². The molecule has 6 heteroatoms. The van der Waals surface area contributed by atoms with Crippen molar-refractivity contribution in [2.24, 2.45) is 0 Å². The highest BCUT2D eigenvalue weighted by molar-refractivity contribution is 5.74. The van der Waals surface area contributed by atoms with E-state index in [0.29, 0.717) is 11.3 Å². The standard InChI is InChI=1S/C17H28N2O4/c1-10-6-14(7-11(2)22-10)19-16(20)18-9-17(5,21)15-8-12(3)23-13(15)4/h8,10-11,14,21H,6-7,9H2,1-5H3,(H2,18,19,20). The molecule has 1 fully saturated rings. The average Bonchev–Trinajstić information content (AvgIpc) is 2.75. The zero-order chi connectivity index (χ0) is 17.2. The third-order valence-corrected chi connectivity index (χ3v) is 4.25. The molecule has 1 aliphatic rings. The van der Waals surface area contributed by atoms with Crippen LogP contribution in [0.5, 0.6) is 0 Å². The summed E-state index contributed by atoms with van der Waals surface area (Å²) in [6.07, 6.45) is 1.88. The first kappa shape index (κ1) is 17.8. The van der Waals surface area contributed by atoms with Gasteiger partial charge in [-0.1, -0.05) is 0 Å². The molecule has 3 atom stereocenters. The van der Waals surface area contributed by atoms with Crippen molar-refractivity contribution < 1.29 is 19.1 Å². The molecule has 1 aromatic heterocycles. The van der Waals surface area contributed by atoms with Crippen LogP contribution in [0.4, 0.5) is 4.79 Å². The minimum Gasteiger partial charge on any atom is -0.466 e. The van der Waals surface area contributed by atoms with Crippen LogP contribution >= 0.6 is 0 Å². The highest BCUT2D eigenvalue weighted by atomic mass is 16.5. The van der Waals surface area contributed by atoms with Crippen molar-refractivity contribution in [3.63, 3.8) is 0 Å². The molecule has 1 saturated heterocycles. The van der Waals surface area contributed by atoms with Crippen LogP contribution in [0.2, 0.25) is 0 Å². The molecule has 130 valence electrons. The molecule has 2 rings (SSSR count). The largest absolute Gasteiger partial charge is 0.466 e. The predicted molar refractivity (Wildman–Crippen MR) is 87.3 cm³/mol. The number of nitrogens with one attached hydrogen (secondary N) is 2. The maximum atomic E-state index is 12.1. The van der Waals surface area contributed by atoms with Gasteiger partial charge in [-0.2, -0.15) is 0 Å². The molecule has 0 radical (unpaired) electrons. The summed E-state index contributed by atoms with van der Waals surface area (Å²) < 4.78 is 11.1. The number of amides is 2. The van der Waals surface area contributed by atoms with Crippen LogP contribution in [0.25, 0.3) is 0 Å². The first-order valence-electron chi connectivity index (χ1n) is 8.17. The third-order valence-electron chi connectivity index (χ3n) is 4.25. The highest BCUT2D eigenvalue weighted by Gasteiger charge is 2.29. The lowest BCUT2D eigenvalue weighted by Gasteiger charge is -2.32. The van der Waals surface area contributed by atoms with E-state index >= 15 is 0 Å². The van der Waals surface area contributed by atoms with Gasteiger partial charge in [0.15, 0.2) is 0 Å². The zero-order valence-corrected chi connectivity index (χ0v) is 14.6. The van der Waals surface area contributed by atoms with Crippen molar-refractivity contribution in [3.8, 4) is 0 Å². The maximum Gasteiger partial charge on any atom is 0.315 e. The van der Waals surface area contributed by atoms with E-state index in [1.165, 1.54) is 0 Å². The Hall–Kier alpha value is -1.53. The van der Waals surface area contributed by atoms with Crippen molar-refractivity contribution in [2.45, 2.75) is 71.3 Å². The van der Waals surface area contributed by atoms with Crippen LogP contribution in [0.15, 0.2) is 10.5 Å². The molecule has 23 heavy (non-hydrogen) atoms. The van der Waals surface area contributed by atoms with E-state index < -0.39 is 5.60 Å². The number of carbonyl (C=O) groups excluding carboxylic acids is 1. The molecule has 0 aromatic carbocycles. The number of urea groups is 1. The second kappa shape index (κ2) is 6.93. The Bertz CT molecular complexity index is 543. The van der Waals surface area contributed by atoms with Gasteiger partial charge in [0.2, 0.25) is 0 Å². The van der Waals surface area contributed by atoms with Gasteiger partial charge >= 0.3 is 6.03 Å². The molecular formula is C17H28N2O4. The lowest BCUT2D eigenvalue weighted by Crippen LogP contribution is -2.50. The first-order chi connectivity index (χ1) is 10.7. The Labute approximate surface area is 137 Å². The van der Waals surface area contributed by atoms with E-state index in [9.17, 15) is 9.90 Å². The fourth-order valence-corrected chi connectivity index (χ4v) is 3.27. The minimum absolute atomic E-state index is 0.0941. The topological polar surface area (TPSA) is 83.7 Å². The van der Waals surface area contributed by atoms with Crippen molar-refractivity contribution in [1.29, 1.82) is 0 Å². The Morgan fingerprint density at radius 2 is 1.96 bits per heavy atom. The molecule has 1 aromatic rings. The van der Waals surface area contributed by atoms with Gasteiger partial charge in [0, 0.05) is 11.6 Å². The SMILES string of the molecule is Cc1cc(C(C)(O)CNC(=O)NC2CC(C)OC(C)C2)c(C)o1. The number of aryl methyl sites for hydroxylation is 2. The highest BCUT2D eigenvalue weighted by Crippen LogP contribution is 2.26. The van der Waals surface area contributed by atoms with Crippen molar-refractivity contribution in [2.75, 3.05) is 6.54 Å². The quantitative estimate of drug-likeness (QED) is 0.794. The van der Waals surface area contributed by atoms with Crippen LogP contribution in [0.1, 0.15) is 50.7 Å². The first-order valence-corrected chi connectivity index (χ1v) is 8.17. The monoisotopic (exact) mass is 324 g/mol. The molecule has 2 heterocycles. The van der Waals surface area contributed by atoms with Gasteiger partial charge in [-0.3, -0.25) is 0 Å². The van der Waals surface area contributed by atoms with E-state index in [2.05, 4.69) is 10.6 Å². The second-order valence-electron chi connectivity index (χ2n) is 6.85. The molecule has 0 bridgehead atoms. The van der Waals surface area contributed by atoms with Crippen LogP contribution in [-0.4, -0.2) is 35.9 Å². The molecule has 3 unspecified atom stereocenters. The fraction of sp³-hybridized carbons (Fsp3) is 0.706. The summed E-state index contributed by atoms with van der Waals surface area (Å²) in [5.74, 6) is 1.41. The van der Waals surface area contributed by atoms with Crippen LogP contribution in [0.3, 0.4) is 0 Å². The molecule has 6 nitrogen and oxygen atoms in total. The van der Waals surface area contributed by atoms with Gasteiger partial charge in [-0.05, 0) is 53.5 Å². The summed E-state index contributed by atoms with van der Waals surface area (Å²) in [6, 6.07) is 1.63. The van der Waals surface area contributed by atoms with E-state index in [0.717, 1.165) is 18.6 Å². The van der Waals surface area contributed by atoms with Gasteiger partial charge in [0.05, 0.1) is 18.8 Å². The number of hydrogen-bond acceptors (Lipinski definition) is 4. The summed E-state index contributed by atoms with van der Waals surface area (Å²) in [5, 5.41) is 16.3. The van der Waals surface area contributed by atoms with Crippen LogP contribution in [-0.2, 0) is 10.3 Å².